The van der Waals surface area contributed by atoms with Crippen molar-refractivity contribution in [2.75, 3.05) is 36.6 Å². The zero-order chi connectivity index (χ0) is 17.8. The SMILES string of the molecule is Clc1ccc2c(N/N=C/c3ccc(N4CCOCC4)cc3)ccnc2c1. The Balaban J connectivity index is 1.45. The molecule has 1 aliphatic rings. The molecule has 1 saturated heterocycles. The van der Waals surface area contributed by atoms with Gasteiger partial charge < -0.3 is 9.64 Å². The van der Waals surface area contributed by atoms with Gasteiger partial charge in [0.25, 0.3) is 0 Å². The predicted octanol–water partition coefficient (Wildman–Crippen LogP) is 4.17. The standard InChI is InChI=1S/C20H19ClN4O/c21-16-3-6-18-19(7-8-22-20(18)13-16)24-23-14-15-1-4-17(5-2-15)25-9-11-26-12-10-25/h1-8,13-14H,9-12H2,(H,22,24)/b23-14+. The van der Waals surface area contributed by atoms with E-state index in [4.69, 9.17) is 16.3 Å². The molecule has 0 amide bonds. The third-order valence-electron chi connectivity index (χ3n) is 4.37. The number of nitrogens with one attached hydrogen (secondary N) is 1. The van der Waals surface area contributed by atoms with E-state index in [1.807, 2.05) is 30.5 Å². The van der Waals surface area contributed by atoms with Crippen molar-refractivity contribution in [1.82, 2.24) is 4.98 Å². The second kappa shape index (κ2) is 7.72. The molecule has 1 fully saturated rings. The van der Waals surface area contributed by atoms with Crippen LogP contribution in [-0.4, -0.2) is 37.5 Å². The zero-order valence-corrected chi connectivity index (χ0v) is 15.0. The van der Waals surface area contributed by atoms with Gasteiger partial charge in [-0.1, -0.05) is 23.7 Å². The minimum Gasteiger partial charge on any atom is -0.378 e. The van der Waals surface area contributed by atoms with Crippen LogP contribution in [0.15, 0.2) is 59.8 Å². The van der Waals surface area contributed by atoms with E-state index in [0.29, 0.717) is 5.02 Å². The summed E-state index contributed by atoms with van der Waals surface area (Å²) in [5.41, 5.74) is 7.09. The maximum atomic E-state index is 6.02. The third-order valence-corrected chi connectivity index (χ3v) is 4.61. The average Bonchev–Trinajstić information content (AvgIpc) is 2.69. The fraction of sp³-hybridized carbons (Fsp3) is 0.200. The minimum atomic E-state index is 0.672. The Morgan fingerprint density at radius 3 is 2.69 bits per heavy atom. The van der Waals surface area contributed by atoms with Crippen LogP contribution in [-0.2, 0) is 4.74 Å². The maximum Gasteiger partial charge on any atom is 0.0738 e. The molecular weight excluding hydrogens is 348 g/mol. The number of anilines is 2. The van der Waals surface area contributed by atoms with Gasteiger partial charge in [-0.2, -0.15) is 5.10 Å². The number of halogens is 1. The summed E-state index contributed by atoms with van der Waals surface area (Å²) < 4.78 is 5.39. The molecule has 2 aromatic carbocycles. The van der Waals surface area contributed by atoms with Crippen molar-refractivity contribution >= 4 is 40.1 Å². The van der Waals surface area contributed by atoms with Crippen LogP contribution in [0.4, 0.5) is 11.4 Å². The molecule has 1 N–H and O–H groups in total. The molecule has 1 aromatic heterocycles. The summed E-state index contributed by atoms with van der Waals surface area (Å²) in [4.78, 5) is 6.66. The zero-order valence-electron chi connectivity index (χ0n) is 14.2. The van der Waals surface area contributed by atoms with Crippen LogP contribution in [0.2, 0.25) is 5.02 Å². The van der Waals surface area contributed by atoms with Crippen LogP contribution in [0.5, 0.6) is 0 Å². The highest BCUT2D eigenvalue weighted by Crippen LogP contribution is 2.24. The summed E-state index contributed by atoms with van der Waals surface area (Å²) in [5, 5.41) is 6.01. The number of pyridine rings is 1. The highest BCUT2D eigenvalue weighted by Gasteiger charge is 2.10. The van der Waals surface area contributed by atoms with Gasteiger partial charge in [-0.3, -0.25) is 10.4 Å². The Kier molecular flexibility index (Phi) is 5.00. The molecule has 0 aliphatic carbocycles. The van der Waals surface area contributed by atoms with Crippen molar-refractivity contribution in [2.45, 2.75) is 0 Å². The second-order valence-corrected chi connectivity index (χ2v) is 6.52. The lowest BCUT2D eigenvalue weighted by Gasteiger charge is -2.28. The van der Waals surface area contributed by atoms with E-state index in [0.717, 1.165) is 48.5 Å². The largest absolute Gasteiger partial charge is 0.378 e. The number of rotatable bonds is 4. The van der Waals surface area contributed by atoms with Crippen LogP contribution in [0.3, 0.4) is 0 Å². The van der Waals surface area contributed by atoms with Crippen molar-refractivity contribution in [3.05, 3.63) is 65.3 Å². The summed E-state index contributed by atoms with van der Waals surface area (Å²) in [5.74, 6) is 0. The van der Waals surface area contributed by atoms with Gasteiger partial charge in [-0.15, -0.1) is 0 Å². The van der Waals surface area contributed by atoms with Gasteiger partial charge in [-0.05, 0) is 42.0 Å². The number of hydrogen-bond donors (Lipinski definition) is 1. The quantitative estimate of drug-likeness (QED) is 0.556. The van der Waals surface area contributed by atoms with Crippen molar-refractivity contribution in [1.29, 1.82) is 0 Å². The fourth-order valence-electron chi connectivity index (χ4n) is 2.99. The van der Waals surface area contributed by atoms with Crippen molar-refractivity contribution in [3.63, 3.8) is 0 Å². The van der Waals surface area contributed by atoms with E-state index in [9.17, 15) is 0 Å². The van der Waals surface area contributed by atoms with Gasteiger partial charge in [0.05, 0.1) is 30.6 Å². The van der Waals surface area contributed by atoms with Gasteiger partial charge in [0.15, 0.2) is 0 Å². The lowest BCUT2D eigenvalue weighted by molar-refractivity contribution is 0.122. The summed E-state index contributed by atoms with van der Waals surface area (Å²) >= 11 is 6.02. The smallest absolute Gasteiger partial charge is 0.0738 e. The minimum absolute atomic E-state index is 0.672. The van der Waals surface area contributed by atoms with E-state index in [1.165, 1.54) is 5.69 Å². The van der Waals surface area contributed by atoms with Gasteiger partial charge in [0.1, 0.15) is 0 Å². The van der Waals surface area contributed by atoms with Gasteiger partial charge >= 0.3 is 0 Å². The number of aromatic nitrogens is 1. The van der Waals surface area contributed by atoms with Gasteiger partial charge in [-0.25, -0.2) is 0 Å². The van der Waals surface area contributed by atoms with Crippen molar-refractivity contribution in [2.24, 2.45) is 5.10 Å². The number of morpholine rings is 1. The van der Waals surface area contributed by atoms with Gasteiger partial charge in [0.2, 0.25) is 0 Å². The Hall–Kier alpha value is -2.63. The molecule has 0 unspecified atom stereocenters. The van der Waals surface area contributed by atoms with E-state index in [-0.39, 0.29) is 0 Å². The van der Waals surface area contributed by atoms with Crippen LogP contribution in [0.1, 0.15) is 5.56 Å². The van der Waals surface area contributed by atoms with E-state index in [1.54, 1.807) is 6.20 Å². The molecule has 0 spiro atoms. The Morgan fingerprint density at radius 2 is 1.88 bits per heavy atom. The molecule has 26 heavy (non-hydrogen) atoms. The normalized spacial score (nSPS) is 14.9. The molecule has 0 radical (unpaired) electrons. The van der Waals surface area contributed by atoms with Crippen LogP contribution >= 0.6 is 11.6 Å². The monoisotopic (exact) mass is 366 g/mol. The topological polar surface area (TPSA) is 49.8 Å². The average molecular weight is 367 g/mol. The highest BCUT2D eigenvalue weighted by molar-refractivity contribution is 6.31. The van der Waals surface area contributed by atoms with E-state index >= 15 is 0 Å². The number of hydrazone groups is 1. The lowest BCUT2D eigenvalue weighted by atomic mass is 10.2. The van der Waals surface area contributed by atoms with Gasteiger partial charge in [0, 0.05) is 35.4 Å². The Morgan fingerprint density at radius 1 is 1.08 bits per heavy atom. The number of ether oxygens (including phenoxy) is 1. The molecule has 5 nitrogen and oxygen atoms in total. The van der Waals surface area contributed by atoms with Crippen molar-refractivity contribution < 1.29 is 4.74 Å². The molecule has 6 heteroatoms. The van der Waals surface area contributed by atoms with Crippen molar-refractivity contribution in [3.8, 4) is 0 Å². The van der Waals surface area contributed by atoms with Crippen LogP contribution in [0.25, 0.3) is 10.9 Å². The first-order valence-electron chi connectivity index (χ1n) is 8.56. The molecule has 4 rings (SSSR count). The maximum absolute atomic E-state index is 6.02. The first-order valence-corrected chi connectivity index (χ1v) is 8.93. The van der Waals surface area contributed by atoms with E-state index < -0.39 is 0 Å². The Bertz CT molecular complexity index is 921. The number of hydrogen-bond acceptors (Lipinski definition) is 5. The van der Waals surface area contributed by atoms with Crippen LogP contribution in [0, 0.1) is 0 Å². The fourth-order valence-corrected chi connectivity index (χ4v) is 3.15. The van der Waals surface area contributed by atoms with E-state index in [2.05, 4.69) is 44.7 Å². The molecule has 2 heterocycles. The summed E-state index contributed by atoms with van der Waals surface area (Å²) in [6.45, 7) is 3.46. The molecule has 3 aromatic rings. The highest BCUT2D eigenvalue weighted by atomic mass is 35.5. The lowest BCUT2D eigenvalue weighted by Crippen LogP contribution is -2.36. The summed E-state index contributed by atoms with van der Waals surface area (Å²) in [7, 11) is 0. The molecule has 1 aliphatic heterocycles. The molecule has 0 saturated carbocycles. The number of benzene rings is 2. The first-order chi connectivity index (χ1) is 12.8. The number of fused-ring (bicyclic) bond motifs is 1. The third kappa shape index (κ3) is 3.79. The molecule has 0 atom stereocenters. The predicted molar refractivity (Wildman–Crippen MR) is 107 cm³/mol. The summed E-state index contributed by atoms with van der Waals surface area (Å²) in [6.07, 6.45) is 3.55. The molecule has 132 valence electrons. The second-order valence-electron chi connectivity index (χ2n) is 6.08. The molecule has 0 bridgehead atoms. The van der Waals surface area contributed by atoms with Crippen LogP contribution < -0.4 is 10.3 Å². The Labute approximate surface area is 157 Å². The first kappa shape index (κ1) is 16.8. The molecular formula is C20H19ClN4O. The summed E-state index contributed by atoms with van der Waals surface area (Å²) in [6, 6.07) is 15.9. The number of nitrogens with zero attached hydrogens (tertiary/aromatic N) is 3.